The van der Waals surface area contributed by atoms with E-state index in [0.29, 0.717) is 6.42 Å². The minimum atomic E-state index is 0.0333. The number of rotatable bonds is 4. The smallest absolute Gasteiger partial charge is 0.133 e. The molecule has 0 saturated carbocycles. The van der Waals surface area contributed by atoms with Crippen molar-refractivity contribution in [2.75, 3.05) is 0 Å². The third kappa shape index (κ3) is 3.33. The molecule has 0 aromatic heterocycles. The maximum absolute atomic E-state index is 10.5. The van der Waals surface area contributed by atoms with E-state index >= 15 is 0 Å². The molecule has 1 aromatic rings. The lowest BCUT2D eigenvalue weighted by Crippen LogP contribution is -1.92. The standard InChI is InChI=1S/C11H13O/c1-10(12)6-5-9-11-7-3-2-4-8-11/h2-4,7-8H,1,5-6,9H2. The number of ketones is 1. The van der Waals surface area contributed by atoms with Crippen LogP contribution in [0.2, 0.25) is 0 Å². The van der Waals surface area contributed by atoms with Crippen LogP contribution in [0.1, 0.15) is 18.4 Å². The first-order valence-electron chi connectivity index (χ1n) is 4.18. The predicted molar refractivity (Wildman–Crippen MR) is 49.7 cm³/mol. The molecule has 0 saturated heterocycles. The molecule has 1 rings (SSSR count). The number of Topliss-reactive ketones (excluding diaryl/α,β-unsaturated/α-hetero) is 1. The van der Waals surface area contributed by atoms with Crippen LogP contribution < -0.4 is 0 Å². The molecule has 12 heavy (non-hydrogen) atoms. The average molecular weight is 161 g/mol. The van der Waals surface area contributed by atoms with Gasteiger partial charge in [0.2, 0.25) is 0 Å². The van der Waals surface area contributed by atoms with Crippen molar-refractivity contribution >= 4 is 5.78 Å². The summed E-state index contributed by atoms with van der Waals surface area (Å²) in [6, 6.07) is 10.2. The van der Waals surface area contributed by atoms with Gasteiger partial charge in [-0.05, 0) is 18.4 Å². The fourth-order valence-corrected chi connectivity index (χ4v) is 1.13. The van der Waals surface area contributed by atoms with Crippen LogP contribution in [0.3, 0.4) is 0 Å². The summed E-state index contributed by atoms with van der Waals surface area (Å²) in [5.74, 6) is 0.0333. The molecule has 0 unspecified atom stereocenters. The molecule has 1 heteroatoms. The number of benzene rings is 1. The maximum atomic E-state index is 10.5. The van der Waals surface area contributed by atoms with Crippen molar-refractivity contribution in [1.29, 1.82) is 0 Å². The van der Waals surface area contributed by atoms with Gasteiger partial charge in [0.25, 0.3) is 0 Å². The van der Waals surface area contributed by atoms with Gasteiger partial charge in [0.05, 0.1) is 0 Å². The molecule has 0 atom stereocenters. The quantitative estimate of drug-likeness (QED) is 0.662. The lowest BCUT2D eigenvalue weighted by Gasteiger charge is -1.97. The van der Waals surface area contributed by atoms with Gasteiger partial charge in [0, 0.05) is 13.3 Å². The van der Waals surface area contributed by atoms with E-state index in [-0.39, 0.29) is 5.78 Å². The van der Waals surface area contributed by atoms with Gasteiger partial charge < -0.3 is 0 Å². The molecular formula is C11H13O. The summed E-state index contributed by atoms with van der Waals surface area (Å²) in [5, 5.41) is 0. The molecule has 1 radical (unpaired) electrons. The van der Waals surface area contributed by atoms with Crippen molar-refractivity contribution < 1.29 is 4.79 Å². The van der Waals surface area contributed by atoms with Gasteiger partial charge in [-0.15, -0.1) is 0 Å². The fraction of sp³-hybridized carbons (Fsp3) is 0.273. The third-order valence-corrected chi connectivity index (χ3v) is 1.76. The summed E-state index contributed by atoms with van der Waals surface area (Å²) < 4.78 is 0. The second kappa shape index (κ2) is 4.70. The number of aryl methyl sites for hydroxylation is 1. The minimum Gasteiger partial charge on any atom is -0.300 e. The Labute approximate surface area is 73.4 Å². The van der Waals surface area contributed by atoms with Crippen LogP contribution >= 0.6 is 0 Å². The van der Waals surface area contributed by atoms with Crippen molar-refractivity contribution in [3.05, 3.63) is 42.8 Å². The van der Waals surface area contributed by atoms with E-state index < -0.39 is 0 Å². The molecule has 0 N–H and O–H groups in total. The van der Waals surface area contributed by atoms with Crippen molar-refractivity contribution in [2.24, 2.45) is 0 Å². The maximum Gasteiger partial charge on any atom is 0.133 e. The summed E-state index contributed by atoms with van der Waals surface area (Å²) in [7, 11) is 0. The van der Waals surface area contributed by atoms with Gasteiger partial charge in [-0.1, -0.05) is 30.3 Å². The predicted octanol–water partition coefficient (Wildman–Crippen LogP) is 2.41. The first-order chi connectivity index (χ1) is 5.79. The van der Waals surface area contributed by atoms with E-state index in [1.54, 1.807) is 0 Å². The molecule has 1 nitrogen and oxygen atoms in total. The van der Waals surface area contributed by atoms with Crippen LogP contribution in [0, 0.1) is 6.92 Å². The van der Waals surface area contributed by atoms with Crippen molar-refractivity contribution in [2.45, 2.75) is 19.3 Å². The first-order valence-corrected chi connectivity index (χ1v) is 4.18. The van der Waals surface area contributed by atoms with Gasteiger partial charge in [0.1, 0.15) is 5.78 Å². The molecule has 0 spiro atoms. The number of carbonyl (C=O) groups is 1. The molecule has 63 valence electrons. The van der Waals surface area contributed by atoms with Crippen molar-refractivity contribution in [3.8, 4) is 0 Å². The van der Waals surface area contributed by atoms with E-state index in [0.717, 1.165) is 12.8 Å². The Balaban J connectivity index is 2.29. The second-order valence-electron chi connectivity index (χ2n) is 2.88. The topological polar surface area (TPSA) is 17.1 Å². The molecule has 0 fully saturated rings. The number of carbonyl (C=O) groups excluding carboxylic acids is 1. The highest BCUT2D eigenvalue weighted by Gasteiger charge is 1.94. The van der Waals surface area contributed by atoms with Crippen molar-refractivity contribution in [1.82, 2.24) is 0 Å². The average Bonchev–Trinajstić information content (AvgIpc) is 2.05. The third-order valence-electron chi connectivity index (χ3n) is 1.76. The van der Waals surface area contributed by atoms with E-state index in [2.05, 4.69) is 19.1 Å². The summed E-state index contributed by atoms with van der Waals surface area (Å²) in [6.07, 6.45) is 2.48. The van der Waals surface area contributed by atoms with Gasteiger partial charge in [-0.25, -0.2) is 0 Å². The normalized spacial score (nSPS) is 9.75. The fourth-order valence-electron chi connectivity index (χ4n) is 1.13. The molecule has 0 aliphatic heterocycles. The van der Waals surface area contributed by atoms with E-state index in [1.165, 1.54) is 5.56 Å². The Morgan fingerprint density at radius 2 is 1.92 bits per heavy atom. The van der Waals surface area contributed by atoms with Crippen LogP contribution in [0.5, 0.6) is 0 Å². The van der Waals surface area contributed by atoms with Crippen LogP contribution in [-0.4, -0.2) is 5.78 Å². The molecule has 0 bridgehead atoms. The van der Waals surface area contributed by atoms with Gasteiger partial charge in [-0.2, -0.15) is 0 Å². The Kier molecular flexibility index (Phi) is 3.52. The molecular weight excluding hydrogens is 148 g/mol. The zero-order chi connectivity index (χ0) is 8.81. The molecule has 0 heterocycles. The zero-order valence-electron chi connectivity index (χ0n) is 7.12. The van der Waals surface area contributed by atoms with Crippen LogP contribution in [0.4, 0.5) is 0 Å². The monoisotopic (exact) mass is 161 g/mol. The van der Waals surface area contributed by atoms with E-state index in [4.69, 9.17) is 0 Å². The van der Waals surface area contributed by atoms with Gasteiger partial charge >= 0.3 is 0 Å². The summed E-state index contributed by atoms with van der Waals surface area (Å²) in [5.41, 5.74) is 1.29. The molecule has 0 aliphatic carbocycles. The molecule has 1 aromatic carbocycles. The van der Waals surface area contributed by atoms with Gasteiger partial charge in [-0.3, -0.25) is 4.79 Å². The van der Waals surface area contributed by atoms with Gasteiger partial charge in [0.15, 0.2) is 0 Å². The van der Waals surface area contributed by atoms with Crippen molar-refractivity contribution in [3.63, 3.8) is 0 Å². The highest BCUT2D eigenvalue weighted by atomic mass is 16.1. The number of hydrogen-bond acceptors (Lipinski definition) is 1. The number of hydrogen-bond donors (Lipinski definition) is 0. The Bertz CT molecular complexity index is 238. The van der Waals surface area contributed by atoms with Crippen LogP contribution in [0.25, 0.3) is 0 Å². The van der Waals surface area contributed by atoms with E-state index in [9.17, 15) is 4.79 Å². The summed E-state index contributed by atoms with van der Waals surface area (Å²) in [4.78, 5) is 10.5. The second-order valence-corrected chi connectivity index (χ2v) is 2.88. The van der Waals surface area contributed by atoms with E-state index in [1.807, 2.05) is 18.2 Å². The summed E-state index contributed by atoms with van der Waals surface area (Å²) >= 11 is 0. The van der Waals surface area contributed by atoms with Crippen LogP contribution in [-0.2, 0) is 11.2 Å². The SMILES string of the molecule is [CH2]C(=O)CCCc1ccccc1. The largest absolute Gasteiger partial charge is 0.300 e. The Hall–Kier alpha value is -1.11. The first kappa shape index (κ1) is 8.98. The Morgan fingerprint density at radius 3 is 2.50 bits per heavy atom. The Morgan fingerprint density at radius 1 is 1.25 bits per heavy atom. The molecule has 0 aliphatic rings. The minimum absolute atomic E-state index is 0.0333. The highest BCUT2D eigenvalue weighted by Crippen LogP contribution is 2.04. The summed E-state index contributed by atoms with van der Waals surface area (Å²) in [6.45, 7) is 3.33. The van der Waals surface area contributed by atoms with Crippen LogP contribution in [0.15, 0.2) is 30.3 Å². The lowest BCUT2D eigenvalue weighted by molar-refractivity contribution is -0.114. The molecule has 0 amide bonds. The lowest BCUT2D eigenvalue weighted by atomic mass is 10.1. The zero-order valence-corrected chi connectivity index (χ0v) is 7.12. The highest BCUT2D eigenvalue weighted by molar-refractivity contribution is 5.82.